The fourth-order valence-electron chi connectivity index (χ4n) is 6.18. The average molecular weight is 607 g/mol. The minimum Gasteiger partial charge on any atom is -0.361 e. The van der Waals surface area contributed by atoms with Crippen molar-refractivity contribution in [2.45, 2.75) is 47.9 Å². The summed E-state index contributed by atoms with van der Waals surface area (Å²) in [5.74, 6) is -0.272. The van der Waals surface area contributed by atoms with Gasteiger partial charge in [0.1, 0.15) is 4.75 Å². The zero-order valence-corrected chi connectivity index (χ0v) is 24.8. The van der Waals surface area contributed by atoms with Gasteiger partial charge in [-0.15, -0.1) is 11.8 Å². The van der Waals surface area contributed by atoms with E-state index in [0.717, 1.165) is 26.9 Å². The highest BCUT2D eigenvalue weighted by atomic mass is 35.5. The van der Waals surface area contributed by atoms with Crippen molar-refractivity contribution in [1.29, 1.82) is 0 Å². The Bertz CT molecular complexity index is 1620. The molecule has 2 aliphatic heterocycles. The molecule has 0 saturated carbocycles. The second kappa shape index (κ2) is 11.2. The van der Waals surface area contributed by atoms with E-state index in [-0.39, 0.29) is 36.6 Å². The van der Waals surface area contributed by atoms with Gasteiger partial charge >= 0.3 is 0 Å². The molecule has 2 fully saturated rings. The van der Waals surface area contributed by atoms with E-state index in [0.29, 0.717) is 29.4 Å². The number of fused-ring (bicyclic) bond motifs is 1. The summed E-state index contributed by atoms with van der Waals surface area (Å²) in [7, 11) is 0. The van der Waals surface area contributed by atoms with Crippen LogP contribution in [0.4, 0.5) is 0 Å². The number of likely N-dealkylation sites (tertiary alicyclic amines) is 2. The second-order valence-corrected chi connectivity index (χ2v) is 13.0. The van der Waals surface area contributed by atoms with Crippen molar-refractivity contribution in [2.75, 3.05) is 13.1 Å². The van der Waals surface area contributed by atoms with E-state index in [1.54, 1.807) is 4.90 Å². The van der Waals surface area contributed by atoms with Crippen molar-refractivity contribution in [3.63, 3.8) is 0 Å². The van der Waals surface area contributed by atoms with Crippen molar-refractivity contribution in [3.8, 4) is 0 Å². The van der Waals surface area contributed by atoms with Gasteiger partial charge < -0.3 is 14.8 Å². The van der Waals surface area contributed by atoms with Gasteiger partial charge in [0, 0.05) is 50.6 Å². The van der Waals surface area contributed by atoms with Crippen molar-refractivity contribution in [3.05, 3.63) is 100 Å². The number of piperidine rings is 1. The fraction of sp³-hybridized carbons (Fsp3) is 0.281. The average Bonchev–Trinajstić information content (AvgIpc) is 3.50. The lowest BCUT2D eigenvalue weighted by Gasteiger charge is -2.41. The predicted molar refractivity (Wildman–Crippen MR) is 163 cm³/mol. The topological polar surface area (TPSA) is 73.5 Å². The van der Waals surface area contributed by atoms with Crippen LogP contribution in [0.3, 0.4) is 0 Å². The number of aromatic amines is 1. The maximum absolute atomic E-state index is 14.8. The number of H-pyrrole nitrogens is 1. The van der Waals surface area contributed by atoms with Crippen molar-refractivity contribution < 1.29 is 14.4 Å². The molecule has 2 aliphatic rings. The number of Topliss-reactive ketones (excluding diaryl/α,β-unsaturated/α-hetero) is 1. The lowest BCUT2D eigenvalue weighted by Crippen LogP contribution is -2.53. The molecule has 0 unspecified atom stereocenters. The summed E-state index contributed by atoms with van der Waals surface area (Å²) in [6, 6.07) is 21.8. The number of benzene rings is 3. The minimum atomic E-state index is -1.22. The number of aromatic nitrogens is 1. The van der Waals surface area contributed by atoms with E-state index in [1.807, 2.05) is 90.8 Å². The van der Waals surface area contributed by atoms with E-state index in [9.17, 15) is 14.4 Å². The minimum absolute atomic E-state index is 0.00105. The molecule has 3 atom stereocenters. The number of rotatable bonds is 6. The van der Waals surface area contributed by atoms with E-state index < -0.39 is 10.8 Å². The van der Waals surface area contributed by atoms with Crippen LogP contribution >= 0.6 is 35.0 Å². The molecule has 3 aromatic carbocycles. The highest BCUT2D eigenvalue weighted by Gasteiger charge is 2.61. The number of carbonyl (C=O) groups is 3. The third kappa shape index (κ3) is 5.16. The van der Waals surface area contributed by atoms with Gasteiger partial charge in [0.05, 0.1) is 25.0 Å². The summed E-state index contributed by atoms with van der Waals surface area (Å²) in [6.45, 7) is 2.53. The number of thioether (sulfide) groups is 1. The van der Waals surface area contributed by atoms with E-state index in [4.69, 9.17) is 23.2 Å². The number of hydrogen-bond acceptors (Lipinski definition) is 4. The Morgan fingerprint density at radius 1 is 1.02 bits per heavy atom. The molecule has 210 valence electrons. The molecule has 0 spiro atoms. The van der Waals surface area contributed by atoms with Crippen LogP contribution in [-0.4, -0.2) is 50.2 Å². The van der Waals surface area contributed by atoms with Crippen molar-refractivity contribution in [1.82, 2.24) is 14.8 Å². The number of carbonyl (C=O) groups excluding carboxylic acids is 3. The molecule has 4 aromatic rings. The van der Waals surface area contributed by atoms with Gasteiger partial charge in [-0.2, -0.15) is 0 Å². The highest BCUT2D eigenvalue weighted by molar-refractivity contribution is 8.01. The molecule has 2 saturated heterocycles. The first kappa shape index (κ1) is 27.9. The third-order valence-electron chi connectivity index (χ3n) is 8.11. The van der Waals surface area contributed by atoms with Gasteiger partial charge in [-0.05, 0) is 55.3 Å². The second-order valence-electron chi connectivity index (χ2n) is 10.7. The Balaban J connectivity index is 1.56. The highest BCUT2D eigenvalue weighted by Crippen LogP contribution is 2.56. The number of amides is 2. The Morgan fingerprint density at radius 3 is 2.49 bits per heavy atom. The molecule has 9 heteroatoms. The molecule has 0 radical (unpaired) electrons. The molecule has 6 nitrogen and oxygen atoms in total. The van der Waals surface area contributed by atoms with Crippen LogP contribution < -0.4 is 0 Å². The van der Waals surface area contributed by atoms with Gasteiger partial charge in [-0.1, -0.05) is 59.6 Å². The summed E-state index contributed by atoms with van der Waals surface area (Å²) in [6.07, 6.45) is 2.97. The zero-order chi connectivity index (χ0) is 28.7. The number of ketones is 1. The van der Waals surface area contributed by atoms with Gasteiger partial charge in [0.15, 0.2) is 5.78 Å². The normalized spacial score (nSPS) is 22.0. The smallest absolute Gasteiger partial charge is 0.242 e. The monoisotopic (exact) mass is 605 g/mol. The first-order chi connectivity index (χ1) is 19.8. The summed E-state index contributed by atoms with van der Waals surface area (Å²) < 4.78 is -1.22. The van der Waals surface area contributed by atoms with Crippen LogP contribution in [0, 0.1) is 0 Å². The number of nitrogens with one attached hydrogen (secondary N) is 1. The molecule has 1 aromatic heterocycles. The summed E-state index contributed by atoms with van der Waals surface area (Å²) in [5.41, 5.74) is 2.57. The van der Waals surface area contributed by atoms with E-state index in [2.05, 4.69) is 4.98 Å². The standard InChI is InChI=1S/C32H29Cl2N3O3S/c1-20(21-9-11-22(33)12-10-21)37-29(39)17-32(41-25-7-3-2-4-8-25,31(40)36-15-5-6-24(38)19-36)30(37)27-18-35-28-16-23(34)13-14-26(27)28/h2-4,7-14,16,18,20,30,35H,5-6,15,17,19H2,1H3/t20-,30-,32-/m0/s1. The Labute approximate surface area is 253 Å². The number of halogens is 2. The van der Waals surface area contributed by atoms with E-state index in [1.165, 1.54) is 11.8 Å². The summed E-state index contributed by atoms with van der Waals surface area (Å²) in [4.78, 5) is 49.2. The lowest BCUT2D eigenvalue weighted by atomic mass is 9.89. The number of hydrogen-bond donors (Lipinski definition) is 1. The van der Waals surface area contributed by atoms with Crippen molar-refractivity contribution >= 4 is 63.5 Å². The fourth-order valence-corrected chi connectivity index (χ4v) is 7.95. The summed E-state index contributed by atoms with van der Waals surface area (Å²) in [5, 5.41) is 2.09. The molecule has 41 heavy (non-hydrogen) atoms. The number of nitrogens with zero attached hydrogens (tertiary/aromatic N) is 2. The molecule has 6 rings (SSSR count). The first-order valence-corrected chi connectivity index (χ1v) is 15.2. The van der Waals surface area contributed by atoms with Gasteiger partial charge in [-0.25, -0.2) is 0 Å². The van der Waals surface area contributed by atoms with Gasteiger partial charge in [0.2, 0.25) is 11.8 Å². The van der Waals surface area contributed by atoms with Gasteiger partial charge in [-0.3, -0.25) is 14.4 Å². The van der Waals surface area contributed by atoms with Crippen LogP contribution in [-0.2, 0) is 14.4 Å². The molecular weight excluding hydrogens is 577 g/mol. The van der Waals surface area contributed by atoms with Crippen LogP contribution in [0.5, 0.6) is 0 Å². The Hall–Kier alpha value is -3.26. The summed E-state index contributed by atoms with van der Waals surface area (Å²) >= 11 is 13.9. The SMILES string of the molecule is C[C@@H](c1ccc(Cl)cc1)N1C(=O)C[C@@](Sc2ccccc2)(C(=O)N2CCCC(=O)C2)[C@@H]1c1c[nH]c2cc(Cl)ccc12. The molecule has 3 heterocycles. The maximum atomic E-state index is 14.8. The Morgan fingerprint density at radius 2 is 1.76 bits per heavy atom. The Kier molecular flexibility index (Phi) is 7.62. The van der Waals surface area contributed by atoms with E-state index >= 15 is 0 Å². The largest absolute Gasteiger partial charge is 0.361 e. The molecule has 0 aliphatic carbocycles. The third-order valence-corrected chi connectivity index (χ3v) is 10.0. The van der Waals surface area contributed by atoms with Crippen LogP contribution in [0.2, 0.25) is 10.0 Å². The van der Waals surface area contributed by atoms with Crippen LogP contribution in [0.25, 0.3) is 10.9 Å². The molecular formula is C32H29Cl2N3O3S. The van der Waals surface area contributed by atoms with Crippen LogP contribution in [0.1, 0.15) is 49.4 Å². The molecule has 0 bridgehead atoms. The maximum Gasteiger partial charge on any atom is 0.242 e. The molecule has 1 N–H and O–H groups in total. The van der Waals surface area contributed by atoms with Gasteiger partial charge in [0.25, 0.3) is 0 Å². The zero-order valence-electron chi connectivity index (χ0n) is 22.5. The lowest BCUT2D eigenvalue weighted by molar-refractivity contribution is -0.140. The van der Waals surface area contributed by atoms with Crippen LogP contribution in [0.15, 0.2) is 83.9 Å². The predicted octanol–water partition coefficient (Wildman–Crippen LogP) is 7.23. The quantitative estimate of drug-likeness (QED) is 0.251. The first-order valence-electron chi connectivity index (χ1n) is 13.6. The van der Waals surface area contributed by atoms with Crippen molar-refractivity contribution in [2.24, 2.45) is 0 Å². The molecule has 2 amide bonds.